The number of nitrogen functional groups attached to an aromatic ring is 1. The predicted molar refractivity (Wildman–Crippen MR) is 56.5 cm³/mol. The molecule has 3 heterocycles. The maximum atomic E-state index is 5.71. The summed E-state index contributed by atoms with van der Waals surface area (Å²) in [5, 5.41) is 2.47. The summed E-state index contributed by atoms with van der Waals surface area (Å²) < 4.78 is 10.8. The molecule has 0 spiro atoms. The van der Waals surface area contributed by atoms with E-state index in [1.165, 1.54) is 11.3 Å². The van der Waals surface area contributed by atoms with Crippen molar-refractivity contribution in [3.63, 3.8) is 0 Å². The van der Waals surface area contributed by atoms with Crippen LogP contribution in [0.2, 0.25) is 0 Å². The van der Waals surface area contributed by atoms with Gasteiger partial charge in [0.1, 0.15) is 10.5 Å². The molecule has 0 aliphatic carbocycles. The van der Waals surface area contributed by atoms with E-state index in [9.17, 15) is 0 Å². The minimum atomic E-state index is 0.417. The fourth-order valence-electron chi connectivity index (χ4n) is 1.33. The first-order chi connectivity index (χ1) is 7.24. The molecule has 3 rings (SSSR count). The molecule has 0 radical (unpaired) electrons. The van der Waals surface area contributed by atoms with E-state index in [0.717, 1.165) is 5.52 Å². The summed E-state index contributed by atoms with van der Waals surface area (Å²) in [4.78, 5) is 8.22. The molecule has 0 fully saturated rings. The topological polar surface area (TPSA) is 78.1 Å². The summed E-state index contributed by atoms with van der Waals surface area (Å²) >= 11 is 1.41. The molecule has 0 bridgehead atoms. The number of rotatable bonds is 1. The maximum absolute atomic E-state index is 5.71. The van der Waals surface area contributed by atoms with Crippen molar-refractivity contribution in [1.82, 2.24) is 9.97 Å². The van der Waals surface area contributed by atoms with E-state index in [-0.39, 0.29) is 0 Å². The number of nitrogens with zero attached hydrogens (tertiary/aromatic N) is 2. The number of thiophene rings is 1. The fraction of sp³-hybridized carbons (Fsp3) is 0.111. The van der Waals surface area contributed by atoms with Crippen molar-refractivity contribution in [1.29, 1.82) is 0 Å². The lowest BCUT2D eigenvalue weighted by Gasteiger charge is -1.85. The molecule has 0 aliphatic rings. The molecule has 0 saturated carbocycles. The number of fused-ring (bicyclic) bond motifs is 1. The Morgan fingerprint density at radius 1 is 1.40 bits per heavy atom. The molecule has 6 heteroatoms. The van der Waals surface area contributed by atoms with Gasteiger partial charge in [0, 0.05) is 12.3 Å². The third kappa shape index (κ3) is 1.22. The van der Waals surface area contributed by atoms with E-state index in [2.05, 4.69) is 9.97 Å². The Hall–Kier alpha value is -1.82. The Morgan fingerprint density at radius 2 is 2.27 bits per heavy atom. The molecular weight excluding hydrogens is 214 g/mol. The molecular formula is C9H7N3O2S. The zero-order chi connectivity index (χ0) is 10.4. The minimum Gasteiger partial charge on any atom is -0.436 e. The molecule has 2 N–H and O–H groups in total. The highest BCUT2D eigenvalue weighted by Crippen LogP contribution is 2.32. The van der Waals surface area contributed by atoms with Crippen LogP contribution in [0.4, 0.5) is 5.00 Å². The van der Waals surface area contributed by atoms with Crippen molar-refractivity contribution < 1.29 is 8.83 Å². The summed E-state index contributed by atoms with van der Waals surface area (Å²) in [5.41, 5.74) is 7.08. The van der Waals surface area contributed by atoms with Crippen LogP contribution in [0, 0.1) is 6.92 Å². The van der Waals surface area contributed by atoms with Gasteiger partial charge in [-0.3, -0.25) is 0 Å². The summed E-state index contributed by atoms with van der Waals surface area (Å²) in [7, 11) is 0. The van der Waals surface area contributed by atoms with Gasteiger partial charge in [0.25, 0.3) is 5.89 Å². The van der Waals surface area contributed by atoms with Gasteiger partial charge >= 0.3 is 0 Å². The van der Waals surface area contributed by atoms with Gasteiger partial charge in [-0.25, -0.2) is 9.97 Å². The van der Waals surface area contributed by atoms with Crippen LogP contribution in [0.15, 0.2) is 20.4 Å². The molecule has 5 nitrogen and oxygen atoms in total. The highest BCUT2D eigenvalue weighted by Gasteiger charge is 2.14. The molecule has 3 aromatic rings. The number of hydrogen-bond acceptors (Lipinski definition) is 6. The van der Waals surface area contributed by atoms with Gasteiger partial charge in [-0.15, -0.1) is 11.3 Å². The van der Waals surface area contributed by atoms with E-state index < -0.39 is 0 Å². The van der Waals surface area contributed by atoms with Crippen LogP contribution in [0.3, 0.4) is 0 Å². The molecule has 0 atom stereocenters. The van der Waals surface area contributed by atoms with Crippen molar-refractivity contribution in [3.05, 3.63) is 17.5 Å². The molecule has 76 valence electrons. The van der Waals surface area contributed by atoms with Crippen LogP contribution in [-0.2, 0) is 0 Å². The summed E-state index contributed by atoms with van der Waals surface area (Å²) in [5.74, 6) is 1.52. The molecule has 0 aliphatic heterocycles. The number of aryl methyl sites for hydroxylation is 1. The second-order valence-corrected chi connectivity index (χ2v) is 3.99. The van der Waals surface area contributed by atoms with E-state index in [1.807, 2.05) is 5.38 Å². The van der Waals surface area contributed by atoms with Gasteiger partial charge in [0.05, 0.1) is 6.20 Å². The second kappa shape index (κ2) is 2.83. The average molecular weight is 221 g/mol. The fourth-order valence-corrected chi connectivity index (χ4v) is 1.98. The van der Waals surface area contributed by atoms with Crippen molar-refractivity contribution in [3.8, 4) is 11.7 Å². The number of anilines is 1. The molecule has 15 heavy (non-hydrogen) atoms. The van der Waals surface area contributed by atoms with Crippen LogP contribution in [-0.4, -0.2) is 9.97 Å². The Kier molecular flexibility index (Phi) is 1.60. The molecule has 3 aromatic heterocycles. The summed E-state index contributed by atoms with van der Waals surface area (Å²) in [6.45, 7) is 1.77. The zero-order valence-electron chi connectivity index (χ0n) is 7.85. The largest absolute Gasteiger partial charge is 0.436 e. The van der Waals surface area contributed by atoms with Gasteiger partial charge in [-0.1, -0.05) is 0 Å². The van der Waals surface area contributed by atoms with E-state index in [4.69, 9.17) is 14.6 Å². The van der Waals surface area contributed by atoms with Crippen LogP contribution >= 0.6 is 11.3 Å². The van der Waals surface area contributed by atoms with Gasteiger partial charge in [0.2, 0.25) is 5.76 Å². The van der Waals surface area contributed by atoms with E-state index in [1.54, 1.807) is 13.1 Å². The van der Waals surface area contributed by atoms with E-state index >= 15 is 0 Å². The molecule has 0 saturated heterocycles. The Morgan fingerprint density at radius 3 is 2.93 bits per heavy atom. The SMILES string of the molecule is Cc1ncc(-c2nc3csc(N)c3o2)o1. The summed E-state index contributed by atoms with van der Waals surface area (Å²) in [6, 6.07) is 0. The zero-order valence-corrected chi connectivity index (χ0v) is 8.67. The van der Waals surface area contributed by atoms with Crippen molar-refractivity contribution in [2.75, 3.05) is 5.73 Å². The monoisotopic (exact) mass is 221 g/mol. The van der Waals surface area contributed by atoms with Crippen LogP contribution < -0.4 is 5.73 Å². The van der Waals surface area contributed by atoms with Gasteiger partial charge in [-0.05, 0) is 0 Å². The quantitative estimate of drug-likeness (QED) is 0.682. The van der Waals surface area contributed by atoms with Gasteiger partial charge < -0.3 is 14.6 Å². The maximum Gasteiger partial charge on any atom is 0.265 e. The Bertz CT molecular complexity index is 622. The van der Waals surface area contributed by atoms with Gasteiger partial charge in [0.15, 0.2) is 11.5 Å². The van der Waals surface area contributed by atoms with Crippen LogP contribution in [0.5, 0.6) is 0 Å². The Balaban J connectivity index is 2.19. The lowest BCUT2D eigenvalue weighted by Crippen LogP contribution is -1.75. The van der Waals surface area contributed by atoms with Crippen molar-refractivity contribution in [2.24, 2.45) is 0 Å². The Labute approximate surface area is 88.5 Å². The van der Waals surface area contributed by atoms with Gasteiger partial charge in [-0.2, -0.15) is 0 Å². The third-order valence-corrected chi connectivity index (χ3v) is 2.79. The number of hydrogen-bond donors (Lipinski definition) is 1. The first-order valence-corrected chi connectivity index (χ1v) is 5.18. The summed E-state index contributed by atoms with van der Waals surface area (Å²) in [6.07, 6.45) is 1.58. The number of aromatic nitrogens is 2. The van der Waals surface area contributed by atoms with Crippen molar-refractivity contribution >= 4 is 27.4 Å². The minimum absolute atomic E-state index is 0.417. The average Bonchev–Trinajstić information content (AvgIpc) is 2.84. The highest BCUT2D eigenvalue weighted by atomic mass is 32.1. The lowest BCUT2D eigenvalue weighted by molar-refractivity contribution is 0.505. The molecule has 0 unspecified atom stereocenters. The highest BCUT2D eigenvalue weighted by molar-refractivity contribution is 7.15. The number of nitrogens with two attached hydrogens (primary N) is 1. The standard InChI is InChI=1S/C9H7N3O2S/c1-4-11-2-6(13-4)9-12-5-3-15-8(10)7(5)14-9/h2-3H,10H2,1H3. The lowest BCUT2D eigenvalue weighted by atomic mass is 10.5. The predicted octanol–water partition coefficient (Wildman–Crippen LogP) is 2.43. The molecule has 0 aromatic carbocycles. The van der Waals surface area contributed by atoms with Crippen molar-refractivity contribution in [2.45, 2.75) is 6.92 Å². The van der Waals surface area contributed by atoms with Crippen LogP contribution in [0.25, 0.3) is 22.8 Å². The first-order valence-electron chi connectivity index (χ1n) is 4.30. The normalized spacial score (nSPS) is 11.3. The third-order valence-electron chi connectivity index (χ3n) is 2.01. The number of oxazole rings is 2. The molecule has 0 amide bonds. The second-order valence-electron chi connectivity index (χ2n) is 3.08. The van der Waals surface area contributed by atoms with E-state index in [0.29, 0.717) is 28.1 Å². The van der Waals surface area contributed by atoms with Crippen LogP contribution in [0.1, 0.15) is 5.89 Å². The first kappa shape index (κ1) is 8.49. The smallest absolute Gasteiger partial charge is 0.265 e.